The van der Waals surface area contributed by atoms with Crippen LogP contribution in [0.3, 0.4) is 0 Å². The third-order valence-electron chi connectivity index (χ3n) is 2.80. The molecule has 2 N–H and O–H groups in total. The maximum atomic E-state index is 12.2. The molecule has 2 aromatic rings. The van der Waals surface area contributed by atoms with Gasteiger partial charge in [0.15, 0.2) is 5.78 Å². The molecule has 0 spiro atoms. The molecule has 3 heteroatoms. The Labute approximate surface area is 115 Å². The van der Waals surface area contributed by atoms with Gasteiger partial charge in [-0.3, -0.25) is 4.79 Å². The summed E-state index contributed by atoms with van der Waals surface area (Å²) in [5, 5.41) is 0. The lowest BCUT2D eigenvalue weighted by Crippen LogP contribution is -2.07. The van der Waals surface area contributed by atoms with Gasteiger partial charge < -0.3 is 5.73 Å². The lowest BCUT2D eigenvalue weighted by molar-refractivity contribution is 0.0994. The zero-order chi connectivity index (χ0) is 13.1. The van der Waals surface area contributed by atoms with Crippen molar-refractivity contribution in [2.45, 2.75) is 13.3 Å². The highest BCUT2D eigenvalue weighted by Gasteiger charge is 2.11. The van der Waals surface area contributed by atoms with Gasteiger partial charge in [0.1, 0.15) is 0 Å². The Morgan fingerprint density at radius 2 is 1.83 bits per heavy atom. The van der Waals surface area contributed by atoms with Crippen LogP contribution in [0.5, 0.6) is 0 Å². The van der Waals surface area contributed by atoms with Crippen LogP contribution in [0.1, 0.15) is 21.5 Å². The number of halogens is 1. The fraction of sp³-hybridized carbons (Fsp3) is 0.133. The Morgan fingerprint density at radius 3 is 2.50 bits per heavy atom. The number of Topliss-reactive ketones (excluding diaryl/α,β-unsaturated/α-hetero) is 1. The minimum absolute atomic E-state index is 0.0395. The molecule has 0 saturated carbocycles. The monoisotopic (exact) mass is 303 g/mol. The highest BCUT2D eigenvalue weighted by atomic mass is 79.9. The first-order chi connectivity index (χ1) is 8.56. The number of benzene rings is 2. The molecule has 0 aliphatic carbocycles. The van der Waals surface area contributed by atoms with Crippen LogP contribution in [-0.4, -0.2) is 5.78 Å². The maximum Gasteiger partial charge on any atom is 0.169 e. The molecule has 0 heterocycles. The quantitative estimate of drug-likeness (QED) is 0.693. The van der Waals surface area contributed by atoms with Crippen molar-refractivity contribution in [1.82, 2.24) is 0 Å². The average Bonchev–Trinajstić information content (AvgIpc) is 2.35. The predicted octanol–water partition coefficient (Wildman–Crippen LogP) is 3.77. The third kappa shape index (κ3) is 2.99. The van der Waals surface area contributed by atoms with Crippen LogP contribution >= 0.6 is 15.9 Å². The van der Waals surface area contributed by atoms with Gasteiger partial charge in [-0.15, -0.1) is 0 Å². The highest BCUT2D eigenvalue weighted by Crippen LogP contribution is 2.20. The van der Waals surface area contributed by atoms with Crippen LogP contribution in [0.25, 0.3) is 0 Å². The molecule has 0 unspecified atom stereocenters. The Morgan fingerprint density at radius 1 is 1.17 bits per heavy atom. The number of hydrogen-bond donors (Lipinski definition) is 1. The van der Waals surface area contributed by atoms with Crippen molar-refractivity contribution >= 4 is 27.4 Å². The van der Waals surface area contributed by atoms with Gasteiger partial charge in [-0.2, -0.15) is 0 Å². The Balaban J connectivity index is 2.21. The number of anilines is 1. The summed E-state index contributed by atoms with van der Waals surface area (Å²) in [5.74, 6) is 0.0395. The second kappa shape index (κ2) is 5.36. The van der Waals surface area contributed by atoms with Crippen LogP contribution in [0.4, 0.5) is 5.69 Å². The topological polar surface area (TPSA) is 43.1 Å². The summed E-state index contributed by atoms with van der Waals surface area (Å²) in [7, 11) is 0. The molecular formula is C15H14BrNO. The van der Waals surface area contributed by atoms with E-state index >= 15 is 0 Å². The molecule has 0 aromatic heterocycles. The van der Waals surface area contributed by atoms with E-state index in [4.69, 9.17) is 5.73 Å². The molecular weight excluding hydrogens is 290 g/mol. The molecule has 0 aliphatic rings. The van der Waals surface area contributed by atoms with Crippen molar-refractivity contribution in [3.63, 3.8) is 0 Å². The van der Waals surface area contributed by atoms with E-state index in [-0.39, 0.29) is 5.78 Å². The van der Waals surface area contributed by atoms with Gasteiger partial charge >= 0.3 is 0 Å². The van der Waals surface area contributed by atoms with Crippen LogP contribution in [0.15, 0.2) is 46.9 Å². The number of carbonyl (C=O) groups excluding carboxylic acids is 1. The highest BCUT2D eigenvalue weighted by molar-refractivity contribution is 9.10. The molecule has 18 heavy (non-hydrogen) atoms. The smallest absolute Gasteiger partial charge is 0.169 e. The van der Waals surface area contributed by atoms with E-state index in [2.05, 4.69) is 15.9 Å². The van der Waals surface area contributed by atoms with Crippen molar-refractivity contribution in [3.8, 4) is 0 Å². The van der Waals surface area contributed by atoms with Crippen molar-refractivity contribution in [1.29, 1.82) is 0 Å². The summed E-state index contributed by atoms with van der Waals surface area (Å²) in [5.41, 5.74) is 9.12. The van der Waals surface area contributed by atoms with Crippen LogP contribution < -0.4 is 5.73 Å². The minimum Gasteiger partial charge on any atom is -0.398 e. The number of ketones is 1. The normalized spacial score (nSPS) is 10.3. The first-order valence-corrected chi connectivity index (χ1v) is 6.49. The number of nitrogens with two attached hydrogens (primary N) is 1. The molecule has 0 radical (unpaired) electrons. The van der Waals surface area contributed by atoms with E-state index in [1.54, 1.807) is 12.1 Å². The maximum absolute atomic E-state index is 12.2. The van der Waals surface area contributed by atoms with Gasteiger partial charge in [-0.1, -0.05) is 45.8 Å². The predicted molar refractivity (Wildman–Crippen MR) is 77.8 cm³/mol. The average molecular weight is 304 g/mol. The molecule has 0 fully saturated rings. The van der Waals surface area contributed by atoms with Crippen LogP contribution in [0.2, 0.25) is 0 Å². The molecule has 2 aromatic carbocycles. The summed E-state index contributed by atoms with van der Waals surface area (Å²) in [6.45, 7) is 2.03. The summed E-state index contributed by atoms with van der Waals surface area (Å²) in [4.78, 5) is 12.2. The Bertz CT molecular complexity index is 576. The second-order valence-corrected chi connectivity index (χ2v) is 5.23. The number of nitrogen functional groups attached to an aromatic ring is 1. The molecule has 0 atom stereocenters. The molecule has 92 valence electrons. The van der Waals surface area contributed by atoms with Gasteiger partial charge in [-0.25, -0.2) is 0 Å². The summed E-state index contributed by atoms with van der Waals surface area (Å²) < 4.78 is 0.865. The first-order valence-electron chi connectivity index (χ1n) is 5.70. The Kier molecular flexibility index (Phi) is 3.82. The van der Waals surface area contributed by atoms with Crippen molar-refractivity contribution in [2.24, 2.45) is 0 Å². The van der Waals surface area contributed by atoms with E-state index in [9.17, 15) is 4.79 Å². The van der Waals surface area contributed by atoms with E-state index in [0.717, 1.165) is 10.0 Å². The van der Waals surface area contributed by atoms with Gasteiger partial charge in [0, 0.05) is 22.1 Å². The number of hydrogen-bond acceptors (Lipinski definition) is 2. The van der Waals surface area contributed by atoms with Crippen molar-refractivity contribution in [3.05, 3.63) is 63.6 Å². The zero-order valence-corrected chi connectivity index (χ0v) is 11.7. The van der Waals surface area contributed by atoms with Crippen molar-refractivity contribution in [2.75, 3.05) is 5.73 Å². The standard InChI is InChI=1S/C15H14BrNO/c1-10-2-4-11(5-3-10)8-15(18)13-9-12(16)6-7-14(13)17/h2-7,9H,8,17H2,1H3. The van der Waals surface area contributed by atoms with Gasteiger partial charge in [0.05, 0.1) is 0 Å². The van der Waals surface area contributed by atoms with Crippen LogP contribution in [-0.2, 0) is 6.42 Å². The lowest BCUT2D eigenvalue weighted by atomic mass is 10.0. The second-order valence-electron chi connectivity index (χ2n) is 4.32. The Hall–Kier alpha value is -1.61. The zero-order valence-electron chi connectivity index (χ0n) is 10.1. The number of rotatable bonds is 3. The van der Waals surface area contributed by atoms with E-state index in [0.29, 0.717) is 17.7 Å². The number of carbonyl (C=O) groups is 1. The SMILES string of the molecule is Cc1ccc(CC(=O)c2cc(Br)ccc2N)cc1. The lowest BCUT2D eigenvalue weighted by Gasteiger charge is -2.06. The van der Waals surface area contributed by atoms with Crippen molar-refractivity contribution < 1.29 is 4.79 Å². The summed E-state index contributed by atoms with van der Waals surface area (Å²) in [6.07, 6.45) is 0.376. The fourth-order valence-electron chi connectivity index (χ4n) is 1.76. The minimum atomic E-state index is 0.0395. The molecule has 0 bridgehead atoms. The molecule has 0 saturated heterocycles. The largest absolute Gasteiger partial charge is 0.398 e. The number of aryl methyl sites for hydroxylation is 1. The molecule has 2 nitrogen and oxygen atoms in total. The van der Waals surface area contributed by atoms with E-state index in [1.807, 2.05) is 37.3 Å². The van der Waals surface area contributed by atoms with Crippen LogP contribution in [0, 0.1) is 6.92 Å². The molecule has 2 rings (SSSR count). The fourth-order valence-corrected chi connectivity index (χ4v) is 2.12. The third-order valence-corrected chi connectivity index (χ3v) is 3.29. The molecule has 0 aliphatic heterocycles. The van der Waals surface area contributed by atoms with Gasteiger partial charge in [0.2, 0.25) is 0 Å². The summed E-state index contributed by atoms with van der Waals surface area (Å²) >= 11 is 3.35. The van der Waals surface area contributed by atoms with Gasteiger partial charge in [0.25, 0.3) is 0 Å². The summed E-state index contributed by atoms with van der Waals surface area (Å²) in [6, 6.07) is 13.3. The molecule has 0 amide bonds. The van der Waals surface area contributed by atoms with E-state index < -0.39 is 0 Å². The van der Waals surface area contributed by atoms with Gasteiger partial charge in [-0.05, 0) is 30.7 Å². The van der Waals surface area contributed by atoms with E-state index in [1.165, 1.54) is 5.56 Å². The first kappa shape index (κ1) is 12.8.